The van der Waals surface area contributed by atoms with Crippen LogP contribution in [-0.2, 0) is 23.9 Å². The second-order valence-corrected chi connectivity index (χ2v) is 5.53. The molecule has 0 bridgehead atoms. The molecule has 6 heteroatoms. The topological polar surface area (TPSA) is 74.2 Å². The second kappa shape index (κ2) is 9.05. The zero-order valence-corrected chi connectivity index (χ0v) is 14.1. The van der Waals surface area contributed by atoms with E-state index in [1.165, 1.54) is 0 Å². The molecule has 2 rings (SSSR count). The summed E-state index contributed by atoms with van der Waals surface area (Å²) in [7, 11) is 0. The summed E-state index contributed by atoms with van der Waals surface area (Å²) in [5.74, 6) is -1.39. The van der Waals surface area contributed by atoms with Gasteiger partial charge in [0.25, 0.3) is 0 Å². The number of esters is 2. The molecule has 0 aromatic heterocycles. The molecule has 0 saturated heterocycles. The van der Waals surface area contributed by atoms with Crippen LogP contribution in [-0.4, -0.2) is 37.0 Å². The number of carbonyl (C=O) groups is 2. The van der Waals surface area contributed by atoms with E-state index in [-0.39, 0.29) is 25.7 Å². The number of ether oxygens (including phenoxy) is 2. The molecule has 1 heterocycles. The lowest BCUT2D eigenvalue weighted by Crippen LogP contribution is -2.26. The Morgan fingerprint density at radius 2 is 1.92 bits per heavy atom. The van der Waals surface area contributed by atoms with Gasteiger partial charge in [0, 0.05) is 12.8 Å². The molecule has 0 spiro atoms. The fourth-order valence-electron chi connectivity index (χ4n) is 2.62. The Morgan fingerprint density at radius 1 is 1.21 bits per heavy atom. The van der Waals surface area contributed by atoms with Crippen molar-refractivity contribution in [3.8, 4) is 0 Å². The molecule has 6 nitrogen and oxygen atoms in total. The van der Waals surface area contributed by atoms with Gasteiger partial charge >= 0.3 is 11.9 Å². The third-order valence-corrected chi connectivity index (χ3v) is 3.73. The molecular formula is C18H23NO5. The molecule has 0 N–H and O–H groups in total. The molecule has 0 aliphatic carbocycles. The fourth-order valence-corrected chi connectivity index (χ4v) is 2.62. The Kier molecular flexibility index (Phi) is 6.78. The van der Waals surface area contributed by atoms with Crippen molar-refractivity contribution in [3.63, 3.8) is 0 Å². The van der Waals surface area contributed by atoms with Crippen LogP contribution in [0.2, 0.25) is 0 Å². The number of hydrogen-bond acceptors (Lipinski definition) is 6. The molecule has 130 valence electrons. The Labute approximate surface area is 141 Å². The van der Waals surface area contributed by atoms with Crippen molar-refractivity contribution >= 4 is 17.7 Å². The van der Waals surface area contributed by atoms with Gasteiger partial charge in [-0.05, 0) is 19.4 Å². The summed E-state index contributed by atoms with van der Waals surface area (Å²) in [6.45, 7) is 4.03. The fraction of sp³-hybridized carbons (Fsp3) is 0.500. The highest BCUT2D eigenvalue weighted by Gasteiger charge is 2.31. The average molecular weight is 333 g/mol. The van der Waals surface area contributed by atoms with Crippen molar-refractivity contribution in [2.45, 2.75) is 39.2 Å². The molecule has 1 aromatic rings. The normalized spacial score (nSPS) is 17.6. The average Bonchev–Trinajstić information content (AvgIpc) is 3.04. The molecule has 2 unspecified atom stereocenters. The summed E-state index contributed by atoms with van der Waals surface area (Å²) in [6, 6.07) is 9.74. The van der Waals surface area contributed by atoms with Crippen LogP contribution in [0.25, 0.3) is 0 Å². The van der Waals surface area contributed by atoms with Crippen LogP contribution in [0.1, 0.15) is 38.7 Å². The van der Waals surface area contributed by atoms with Crippen LogP contribution in [0.15, 0.2) is 35.5 Å². The Morgan fingerprint density at radius 3 is 2.58 bits per heavy atom. The van der Waals surface area contributed by atoms with Crippen molar-refractivity contribution in [2.24, 2.45) is 11.1 Å². The number of rotatable bonds is 8. The minimum atomic E-state index is -0.584. The first-order valence-electron chi connectivity index (χ1n) is 8.24. The molecule has 1 aliphatic heterocycles. The minimum absolute atomic E-state index is 0.00674. The molecule has 0 fully saturated rings. The molecule has 1 aliphatic rings. The van der Waals surface area contributed by atoms with Crippen molar-refractivity contribution in [2.75, 3.05) is 13.2 Å². The summed E-state index contributed by atoms with van der Waals surface area (Å²) in [6.07, 6.45) is 0.719. The lowest BCUT2D eigenvalue weighted by Gasteiger charge is -2.17. The van der Waals surface area contributed by atoms with Gasteiger partial charge in [-0.25, -0.2) is 0 Å². The maximum atomic E-state index is 12.1. The maximum Gasteiger partial charge on any atom is 0.309 e. The highest BCUT2D eigenvalue weighted by molar-refractivity contribution is 6.01. The van der Waals surface area contributed by atoms with E-state index < -0.39 is 17.9 Å². The SMILES string of the molecule is CCOC(=O)CC(CC1CC(c2ccccc2)=NO1)C(=O)OCC. The van der Waals surface area contributed by atoms with Gasteiger partial charge in [-0.3, -0.25) is 9.59 Å². The van der Waals surface area contributed by atoms with Gasteiger partial charge in [-0.1, -0.05) is 35.5 Å². The number of oxime groups is 1. The van der Waals surface area contributed by atoms with Crippen LogP contribution in [0.3, 0.4) is 0 Å². The van der Waals surface area contributed by atoms with Crippen molar-refractivity contribution < 1.29 is 23.9 Å². The van der Waals surface area contributed by atoms with Gasteiger partial charge in [0.2, 0.25) is 0 Å². The third kappa shape index (κ3) is 5.08. The quantitative estimate of drug-likeness (QED) is 0.684. The Hall–Kier alpha value is -2.37. The molecule has 24 heavy (non-hydrogen) atoms. The largest absolute Gasteiger partial charge is 0.466 e. The lowest BCUT2D eigenvalue weighted by molar-refractivity contribution is -0.156. The van der Waals surface area contributed by atoms with Crippen molar-refractivity contribution in [3.05, 3.63) is 35.9 Å². The molecule has 2 atom stereocenters. The predicted octanol–water partition coefficient (Wildman–Crippen LogP) is 2.70. The van der Waals surface area contributed by atoms with Gasteiger partial charge in [-0.2, -0.15) is 0 Å². The van der Waals surface area contributed by atoms with Crippen LogP contribution < -0.4 is 0 Å². The van der Waals surface area contributed by atoms with E-state index >= 15 is 0 Å². The smallest absolute Gasteiger partial charge is 0.309 e. The van der Waals surface area contributed by atoms with Crippen molar-refractivity contribution in [1.29, 1.82) is 0 Å². The predicted molar refractivity (Wildman–Crippen MR) is 88.5 cm³/mol. The molecule has 0 amide bonds. The summed E-state index contributed by atoms with van der Waals surface area (Å²) < 4.78 is 10.0. The van der Waals surface area contributed by atoms with E-state index in [1.807, 2.05) is 30.3 Å². The maximum absolute atomic E-state index is 12.1. The molecule has 1 aromatic carbocycles. The zero-order valence-electron chi connectivity index (χ0n) is 14.1. The third-order valence-electron chi connectivity index (χ3n) is 3.73. The Balaban J connectivity index is 1.95. The van der Waals surface area contributed by atoms with Crippen molar-refractivity contribution in [1.82, 2.24) is 0 Å². The molecule has 0 radical (unpaired) electrons. The van der Waals surface area contributed by atoms with E-state index in [0.717, 1.165) is 11.3 Å². The Bertz CT molecular complexity index is 584. The molecular weight excluding hydrogens is 310 g/mol. The first-order chi connectivity index (χ1) is 11.6. The van der Waals surface area contributed by atoms with Crippen LogP contribution in [0, 0.1) is 5.92 Å². The van der Waals surface area contributed by atoms with E-state index in [1.54, 1.807) is 13.8 Å². The summed E-state index contributed by atoms with van der Waals surface area (Å²) in [5.41, 5.74) is 1.84. The van der Waals surface area contributed by atoms with Gasteiger partial charge < -0.3 is 14.3 Å². The first-order valence-corrected chi connectivity index (χ1v) is 8.24. The number of nitrogens with zero attached hydrogens (tertiary/aromatic N) is 1. The minimum Gasteiger partial charge on any atom is -0.466 e. The van der Waals surface area contributed by atoms with Gasteiger partial charge in [-0.15, -0.1) is 0 Å². The molecule has 0 saturated carbocycles. The summed E-state index contributed by atoms with van der Waals surface area (Å²) >= 11 is 0. The van der Waals surface area contributed by atoms with Crippen LogP contribution >= 0.6 is 0 Å². The van der Waals surface area contributed by atoms with Crippen LogP contribution in [0.5, 0.6) is 0 Å². The van der Waals surface area contributed by atoms with E-state index in [4.69, 9.17) is 14.3 Å². The second-order valence-electron chi connectivity index (χ2n) is 5.53. The summed E-state index contributed by atoms with van der Waals surface area (Å²) in [4.78, 5) is 29.3. The lowest BCUT2D eigenvalue weighted by atomic mass is 9.94. The number of carbonyl (C=O) groups excluding carboxylic acids is 2. The van der Waals surface area contributed by atoms with E-state index in [0.29, 0.717) is 12.8 Å². The van der Waals surface area contributed by atoms with Crippen LogP contribution in [0.4, 0.5) is 0 Å². The van der Waals surface area contributed by atoms with Gasteiger partial charge in [0.15, 0.2) is 0 Å². The highest BCUT2D eigenvalue weighted by Crippen LogP contribution is 2.24. The van der Waals surface area contributed by atoms with E-state index in [9.17, 15) is 9.59 Å². The van der Waals surface area contributed by atoms with Gasteiger partial charge in [0.05, 0.1) is 31.3 Å². The monoisotopic (exact) mass is 333 g/mol. The standard InChI is InChI=1S/C18H23NO5/c1-3-22-17(20)11-14(18(21)23-4-2)10-15-12-16(19-24-15)13-8-6-5-7-9-13/h5-9,14-15H,3-4,10-12H2,1-2H3. The zero-order chi connectivity index (χ0) is 17.4. The summed E-state index contributed by atoms with van der Waals surface area (Å²) in [5, 5.41) is 4.11. The van der Waals surface area contributed by atoms with Gasteiger partial charge in [0.1, 0.15) is 6.10 Å². The number of hydrogen-bond donors (Lipinski definition) is 0. The highest BCUT2D eigenvalue weighted by atomic mass is 16.6. The number of benzene rings is 1. The van der Waals surface area contributed by atoms with E-state index in [2.05, 4.69) is 5.16 Å². The first kappa shape index (κ1) is 18.0.